The van der Waals surface area contributed by atoms with Crippen LogP contribution in [-0.2, 0) is 17.6 Å². The summed E-state index contributed by atoms with van der Waals surface area (Å²) in [6, 6.07) is 0. The van der Waals surface area contributed by atoms with Gasteiger partial charge >= 0.3 is 0 Å². The van der Waals surface area contributed by atoms with E-state index in [2.05, 4.69) is 27.4 Å². The summed E-state index contributed by atoms with van der Waals surface area (Å²) in [6.07, 6.45) is 2.77. The van der Waals surface area contributed by atoms with Gasteiger partial charge in [-0.3, -0.25) is 9.59 Å². The number of hydrogen-bond donors (Lipinski definition) is 4. The molecule has 3 rings (SSSR count). The van der Waals surface area contributed by atoms with Gasteiger partial charge in [-0.1, -0.05) is 18.7 Å². The highest BCUT2D eigenvalue weighted by molar-refractivity contribution is 7.99. The zero-order valence-electron chi connectivity index (χ0n) is 13.1. The lowest BCUT2D eigenvalue weighted by Gasteiger charge is -2.18. The van der Waals surface area contributed by atoms with Gasteiger partial charge in [-0.05, 0) is 30.7 Å². The third-order valence-electron chi connectivity index (χ3n) is 3.83. The van der Waals surface area contributed by atoms with Crippen LogP contribution in [0.1, 0.15) is 34.1 Å². The Bertz CT molecular complexity index is 784. The van der Waals surface area contributed by atoms with Gasteiger partial charge in [0.1, 0.15) is 5.00 Å². The number of amides is 2. The van der Waals surface area contributed by atoms with Gasteiger partial charge in [-0.25, -0.2) is 5.10 Å². The number of nitrogens with one attached hydrogen (secondary N) is 2. The predicted molar refractivity (Wildman–Crippen MR) is 94.2 cm³/mol. The fraction of sp³-hybridized carbons (Fsp3) is 0.429. The van der Waals surface area contributed by atoms with E-state index in [1.807, 2.05) is 0 Å². The van der Waals surface area contributed by atoms with Gasteiger partial charge in [0.05, 0.1) is 11.3 Å². The Kier molecular flexibility index (Phi) is 4.76. The van der Waals surface area contributed by atoms with Crippen LogP contribution in [0.15, 0.2) is 5.16 Å². The fourth-order valence-electron chi connectivity index (χ4n) is 2.71. The molecule has 1 aliphatic carbocycles. The molecule has 0 spiro atoms. The van der Waals surface area contributed by atoms with Crippen molar-refractivity contribution in [2.75, 3.05) is 16.8 Å². The first-order valence-corrected chi connectivity index (χ1v) is 9.29. The van der Waals surface area contributed by atoms with Crippen LogP contribution in [0.25, 0.3) is 0 Å². The van der Waals surface area contributed by atoms with Crippen molar-refractivity contribution in [1.82, 2.24) is 15.2 Å². The third-order valence-corrected chi connectivity index (χ3v) is 5.84. The average Bonchev–Trinajstić information content (AvgIpc) is 3.07. The highest BCUT2D eigenvalue weighted by Gasteiger charge is 2.27. The standard InChI is InChI=1S/C14H18N6O2S2/c1-6-2-3-7-8(4-6)24-12(10(7)11(15)22)17-9(21)5-23-14-18-13(16)19-20-14/h6H,2-5H2,1H3,(H2,15,22)(H,17,21)(H3,16,18,19,20). The molecule has 0 saturated heterocycles. The maximum atomic E-state index is 12.2. The summed E-state index contributed by atoms with van der Waals surface area (Å²) in [5.74, 6) is 0.166. The molecule has 2 aromatic heterocycles. The van der Waals surface area contributed by atoms with Crippen molar-refractivity contribution in [1.29, 1.82) is 0 Å². The predicted octanol–water partition coefficient (Wildman–Crippen LogP) is 1.40. The molecule has 1 atom stereocenters. The molecule has 2 heterocycles. The van der Waals surface area contributed by atoms with Crippen LogP contribution in [0, 0.1) is 5.92 Å². The van der Waals surface area contributed by atoms with Gasteiger partial charge in [0.25, 0.3) is 5.91 Å². The largest absolute Gasteiger partial charge is 0.368 e. The van der Waals surface area contributed by atoms with E-state index < -0.39 is 5.91 Å². The van der Waals surface area contributed by atoms with Crippen molar-refractivity contribution in [3.05, 3.63) is 16.0 Å². The molecule has 1 aliphatic rings. The lowest BCUT2D eigenvalue weighted by atomic mass is 9.88. The maximum absolute atomic E-state index is 12.2. The number of anilines is 2. The molecule has 8 nitrogen and oxygen atoms in total. The Labute approximate surface area is 146 Å². The molecule has 0 saturated carbocycles. The number of nitrogens with two attached hydrogens (primary N) is 2. The molecule has 1 unspecified atom stereocenters. The Morgan fingerprint density at radius 1 is 1.50 bits per heavy atom. The number of nitrogens with zero attached hydrogens (tertiary/aromatic N) is 2. The molecule has 0 aliphatic heterocycles. The number of thioether (sulfide) groups is 1. The Morgan fingerprint density at radius 2 is 2.29 bits per heavy atom. The molecule has 10 heteroatoms. The minimum atomic E-state index is -0.494. The van der Waals surface area contributed by atoms with Crippen LogP contribution >= 0.6 is 23.1 Å². The highest BCUT2D eigenvalue weighted by atomic mass is 32.2. The number of aromatic nitrogens is 3. The molecule has 2 amide bonds. The summed E-state index contributed by atoms with van der Waals surface area (Å²) in [7, 11) is 0. The number of H-pyrrole nitrogens is 1. The SMILES string of the molecule is CC1CCc2c(sc(NC(=O)CSc3n[nH]c(N)n3)c2C(N)=O)C1. The summed E-state index contributed by atoms with van der Waals surface area (Å²) in [6.45, 7) is 2.18. The zero-order valence-corrected chi connectivity index (χ0v) is 14.7. The minimum Gasteiger partial charge on any atom is -0.368 e. The van der Waals surface area contributed by atoms with E-state index >= 15 is 0 Å². The van der Waals surface area contributed by atoms with Crippen LogP contribution in [-0.4, -0.2) is 32.7 Å². The van der Waals surface area contributed by atoms with E-state index in [0.29, 0.717) is 21.6 Å². The van der Waals surface area contributed by atoms with E-state index in [4.69, 9.17) is 11.5 Å². The topological polar surface area (TPSA) is 140 Å². The Morgan fingerprint density at radius 3 is 2.96 bits per heavy atom. The number of carbonyl (C=O) groups is 2. The van der Waals surface area contributed by atoms with Crippen molar-refractivity contribution in [2.45, 2.75) is 31.3 Å². The Hall–Kier alpha value is -2.07. The van der Waals surface area contributed by atoms with Crippen molar-refractivity contribution < 1.29 is 9.59 Å². The van der Waals surface area contributed by atoms with Crippen LogP contribution in [0.2, 0.25) is 0 Å². The van der Waals surface area contributed by atoms with Gasteiger partial charge in [0.15, 0.2) is 0 Å². The molecule has 2 aromatic rings. The van der Waals surface area contributed by atoms with Gasteiger partial charge in [-0.2, -0.15) is 4.98 Å². The van der Waals surface area contributed by atoms with Crippen molar-refractivity contribution in [3.8, 4) is 0 Å². The van der Waals surface area contributed by atoms with E-state index in [-0.39, 0.29) is 17.6 Å². The van der Waals surface area contributed by atoms with Crippen molar-refractivity contribution in [3.63, 3.8) is 0 Å². The van der Waals surface area contributed by atoms with Crippen LogP contribution in [0.3, 0.4) is 0 Å². The number of rotatable bonds is 5. The molecule has 128 valence electrons. The second-order valence-electron chi connectivity index (χ2n) is 5.76. The van der Waals surface area contributed by atoms with Gasteiger partial charge in [-0.15, -0.1) is 16.4 Å². The summed E-state index contributed by atoms with van der Waals surface area (Å²) in [5, 5.41) is 10.1. The molecular weight excluding hydrogens is 348 g/mol. The van der Waals surface area contributed by atoms with E-state index in [1.54, 1.807) is 0 Å². The summed E-state index contributed by atoms with van der Waals surface area (Å²) < 4.78 is 0. The lowest BCUT2D eigenvalue weighted by Crippen LogP contribution is -2.20. The highest BCUT2D eigenvalue weighted by Crippen LogP contribution is 2.39. The molecular formula is C14H18N6O2S2. The number of hydrogen-bond acceptors (Lipinski definition) is 7. The van der Waals surface area contributed by atoms with E-state index in [1.165, 1.54) is 11.3 Å². The van der Waals surface area contributed by atoms with Gasteiger partial charge < -0.3 is 16.8 Å². The normalized spacial score (nSPS) is 16.6. The number of carbonyl (C=O) groups excluding carboxylic acids is 2. The van der Waals surface area contributed by atoms with Gasteiger partial charge in [0, 0.05) is 4.88 Å². The quantitative estimate of drug-likeness (QED) is 0.590. The fourth-order valence-corrected chi connectivity index (χ4v) is 4.75. The first-order valence-electron chi connectivity index (χ1n) is 7.49. The summed E-state index contributed by atoms with van der Waals surface area (Å²) >= 11 is 2.61. The molecule has 24 heavy (non-hydrogen) atoms. The van der Waals surface area contributed by atoms with Crippen molar-refractivity contribution in [2.24, 2.45) is 11.7 Å². The zero-order chi connectivity index (χ0) is 17.3. The maximum Gasteiger partial charge on any atom is 0.251 e. The molecule has 0 aromatic carbocycles. The van der Waals surface area contributed by atoms with Crippen molar-refractivity contribution >= 4 is 45.9 Å². The number of aromatic amines is 1. The number of nitrogen functional groups attached to an aromatic ring is 1. The summed E-state index contributed by atoms with van der Waals surface area (Å²) in [5.41, 5.74) is 12.4. The van der Waals surface area contributed by atoms with Crippen LogP contribution in [0.5, 0.6) is 0 Å². The van der Waals surface area contributed by atoms with Crippen LogP contribution < -0.4 is 16.8 Å². The molecule has 6 N–H and O–H groups in total. The minimum absolute atomic E-state index is 0.120. The molecule has 0 bridgehead atoms. The second-order valence-corrected chi connectivity index (χ2v) is 7.81. The number of thiophene rings is 1. The van der Waals surface area contributed by atoms with Crippen LogP contribution in [0.4, 0.5) is 10.9 Å². The first-order chi connectivity index (χ1) is 11.4. The monoisotopic (exact) mass is 366 g/mol. The van der Waals surface area contributed by atoms with Gasteiger partial charge in [0.2, 0.25) is 17.0 Å². The number of fused-ring (bicyclic) bond motifs is 1. The number of primary amides is 1. The van der Waals surface area contributed by atoms with E-state index in [9.17, 15) is 9.59 Å². The smallest absolute Gasteiger partial charge is 0.251 e. The Balaban J connectivity index is 1.72. The lowest BCUT2D eigenvalue weighted by molar-refractivity contribution is -0.113. The summed E-state index contributed by atoms with van der Waals surface area (Å²) in [4.78, 5) is 29.1. The average molecular weight is 366 g/mol. The first kappa shape index (κ1) is 16.8. The second kappa shape index (κ2) is 6.81. The molecule has 0 radical (unpaired) electrons. The third kappa shape index (κ3) is 3.54. The molecule has 0 fully saturated rings. The van der Waals surface area contributed by atoms with E-state index in [0.717, 1.165) is 41.5 Å².